The molecule has 0 amide bonds. The standard InChI is InChI=1S/C14H24O2/c1-2-3-4-5-6-7-8-9-10-11-12-13-14(15)16/h2-3,5-6H,4,7-13H2,1H3,(H,15,16)/b3-2?,6-5+. The minimum absolute atomic E-state index is 0.323. The highest BCUT2D eigenvalue weighted by Crippen LogP contribution is 2.07. The van der Waals surface area contributed by atoms with Gasteiger partial charge in [0.25, 0.3) is 0 Å². The van der Waals surface area contributed by atoms with Crippen LogP contribution in [0.15, 0.2) is 24.3 Å². The fourth-order valence-electron chi connectivity index (χ4n) is 1.50. The first-order valence-corrected chi connectivity index (χ1v) is 6.25. The molecule has 92 valence electrons. The monoisotopic (exact) mass is 224 g/mol. The van der Waals surface area contributed by atoms with Gasteiger partial charge in [-0.15, -0.1) is 0 Å². The summed E-state index contributed by atoms with van der Waals surface area (Å²) in [6.07, 6.45) is 16.6. The predicted molar refractivity (Wildman–Crippen MR) is 68.5 cm³/mol. The molecule has 0 bridgehead atoms. The smallest absolute Gasteiger partial charge is 0.303 e. The summed E-state index contributed by atoms with van der Waals surface area (Å²) >= 11 is 0. The third-order valence-corrected chi connectivity index (χ3v) is 2.44. The second-order valence-corrected chi connectivity index (χ2v) is 3.98. The highest BCUT2D eigenvalue weighted by Gasteiger charge is 1.95. The van der Waals surface area contributed by atoms with Gasteiger partial charge in [-0.1, -0.05) is 43.6 Å². The minimum atomic E-state index is -0.674. The van der Waals surface area contributed by atoms with E-state index >= 15 is 0 Å². The molecule has 0 aromatic rings. The Morgan fingerprint density at radius 2 is 1.69 bits per heavy atom. The Morgan fingerprint density at radius 1 is 1.00 bits per heavy atom. The van der Waals surface area contributed by atoms with Crippen LogP contribution in [-0.4, -0.2) is 11.1 Å². The molecule has 0 saturated carbocycles. The lowest BCUT2D eigenvalue weighted by atomic mass is 10.1. The number of aliphatic carboxylic acids is 1. The normalized spacial score (nSPS) is 11.6. The van der Waals surface area contributed by atoms with Gasteiger partial charge in [0, 0.05) is 6.42 Å². The van der Waals surface area contributed by atoms with Crippen molar-refractivity contribution < 1.29 is 9.90 Å². The van der Waals surface area contributed by atoms with Crippen molar-refractivity contribution in [1.29, 1.82) is 0 Å². The van der Waals surface area contributed by atoms with E-state index in [1.807, 2.05) is 6.92 Å². The molecule has 0 atom stereocenters. The van der Waals surface area contributed by atoms with Crippen LogP contribution in [0.1, 0.15) is 58.3 Å². The van der Waals surface area contributed by atoms with Gasteiger partial charge in [0.05, 0.1) is 0 Å². The van der Waals surface area contributed by atoms with Gasteiger partial charge in [-0.2, -0.15) is 0 Å². The van der Waals surface area contributed by atoms with E-state index in [0.29, 0.717) is 6.42 Å². The van der Waals surface area contributed by atoms with Crippen LogP contribution in [0, 0.1) is 0 Å². The number of hydrogen-bond acceptors (Lipinski definition) is 1. The Kier molecular flexibility index (Phi) is 11.2. The van der Waals surface area contributed by atoms with Crippen LogP contribution >= 0.6 is 0 Å². The van der Waals surface area contributed by atoms with Gasteiger partial charge in [-0.3, -0.25) is 4.79 Å². The van der Waals surface area contributed by atoms with E-state index in [9.17, 15) is 4.79 Å². The zero-order chi connectivity index (χ0) is 12.1. The molecular weight excluding hydrogens is 200 g/mol. The average molecular weight is 224 g/mol. The first-order chi connectivity index (χ1) is 7.77. The second-order valence-electron chi connectivity index (χ2n) is 3.98. The van der Waals surface area contributed by atoms with Crippen molar-refractivity contribution in [3.05, 3.63) is 24.3 Å². The van der Waals surface area contributed by atoms with Gasteiger partial charge in [0.2, 0.25) is 0 Å². The van der Waals surface area contributed by atoms with Crippen molar-refractivity contribution >= 4 is 5.97 Å². The third-order valence-electron chi connectivity index (χ3n) is 2.44. The van der Waals surface area contributed by atoms with Gasteiger partial charge in [0.15, 0.2) is 0 Å². The van der Waals surface area contributed by atoms with Crippen LogP contribution in [-0.2, 0) is 4.79 Å². The summed E-state index contributed by atoms with van der Waals surface area (Å²) in [4.78, 5) is 10.2. The van der Waals surface area contributed by atoms with Crippen LogP contribution in [0.4, 0.5) is 0 Å². The zero-order valence-corrected chi connectivity index (χ0v) is 10.3. The van der Waals surface area contributed by atoms with Crippen LogP contribution < -0.4 is 0 Å². The quantitative estimate of drug-likeness (QED) is 0.443. The molecule has 16 heavy (non-hydrogen) atoms. The summed E-state index contributed by atoms with van der Waals surface area (Å²) in [6, 6.07) is 0. The lowest BCUT2D eigenvalue weighted by molar-refractivity contribution is -0.137. The molecule has 0 aromatic heterocycles. The third kappa shape index (κ3) is 12.9. The predicted octanol–water partition coefficient (Wildman–Crippen LogP) is 4.32. The van der Waals surface area contributed by atoms with Crippen LogP contribution in [0.5, 0.6) is 0 Å². The summed E-state index contributed by atoms with van der Waals surface area (Å²) in [5, 5.41) is 8.44. The molecule has 0 aromatic carbocycles. The highest BCUT2D eigenvalue weighted by molar-refractivity contribution is 5.66. The van der Waals surface area contributed by atoms with Crippen molar-refractivity contribution in [2.24, 2.45) is 0 Å². The molecule has 0 saturated heterocycles. The topological polar surface area (TPSA) is 37.3 Å². The van der Waals surface area contributed by atoms with Gasteiger partial charge < -0.3 is 5.11 Å². The number of carbonyl (C=O) groups is 1. The van der Waals surface area contributed by atoms with Gasteiger partial charge in [0.1, 0.15) is 0 Å². The first-order valence-electron chi connectivity index (χ1n) is 6.25. The fourth-order valence-corrected chi connectivity index (χ4v) is 1.50. The van der Waals surface area contributed by atoms with Crippen LogP contribution in [0.3, 0.4) is 0 Å². The van der Waals surface area contributed by atoms with Gasteiger partial charge in [-0.05, 0) is 32.6 Å². The molecule has 0 unspecified atom stereocenters. The number of hydrogen-bond donors (Lipinski definition) is 1. The second kappa shape index (κ2) is 12.0. The Labute approximate surface area is 99.1 Å². The largest absolute Gasteiger partial charge is 0.481 e. The van der Waals surface area contributed by atoms with Crippen molar-refractivity contribution in [1.82, 2.24) is 0 Å². The molecule has 0 aliphatic carbocycles. The molecule has 0 radical (unpaired) electrons. The van der Waals surface area contributed by atoms with Crippen LogP contribution in [0.2, 0.25) is 0 Å². The van der Waals surface area contributed by atoms with Crippen molar-refractivity contribution in [3.63, 3.8) is 0 Å². The fraction of sp³-hybridized carbons (Fsp3) is 0.643. The van der Waals surface area contributed by atoms with E-state index in [-0.39, 0.29) is 0 Å². The summed E-state index contributed by atoms with van der Waals surface area (Å²) in [7, 11) is 0. The number of carboxylic acid groups (broad SMARTS) is 1. The lowest BCUT2D eigenvalue weighted by Gasteiger charge is -1.97. The molecule has 0 aliphatic rings. The molecule has 2 heteroatoms. The molecule has 1 N–H and O–H groups in total. The maximum atomic E-state index is 10.2. The molecule has 0 rings (SSSR count). The molecule has 2 nitrogen and oxygen atoms in total. The Bertz CT molecular complexity index is 217. The van der Waals surface area contributed by atoms with Gasteiger partial charge >= 0.3 is 5.97 Å². The van der Waals surface area contributed by atoms with Crippen molar-refractivity contribution in [2.75, 3.05) is 0 Å². The lowest BCUT2D eigenvalue weighted by Crippen LogP contribution is -1.93. The van der Waals surface area contributed by atoms with Crippen molar-refractivity contribution in [2.45, 2.75) is 58.3 Å². The Balaban J connectivity index is 3.09. The van der Waals surface area contributed by atoms with E-state index in [1.165, 1.54) is 12.8 Å². The number of allylic oxidation sites excluding steroid dienone is 4. The average Bonchev–Trinajstić information content (AvgIpc) is 2.25. The maximum Gasteiger partial charge on any atom is 0.303 e. The van der Waals surface area contributed by atoms with Crippen LogP contribution in [0.25, 0.3) is 0 Å². The molecule has 0 spiro atoms. The summed E-state index contributed by atoms with van der Waals surface area (Å²) in [5.74, 6) is -0.674. The number of carboxylic acids is 1. The first kappa shape index (κ1) is 14.9. The SMILES string of the molecule is CC=CC/C=C/CCCCCCCC(=O)O. The van der Waals surface area contributed by atoms with E-state index in [1.54, 1.807) is 0 Å². The maximum absolute atomic E-state index is 10.2. The zero-order valence-electron chi connectivity index (χ0n) is 10.3. The number of unbranched alkanes of at least 4 members (excludes halogenated alkanes) is 5. The van der Waals surface area contributed by atoms with E-state index in [4.69, 9.17) is 5.11 Å². The summed E-state index contributed by atoms with van der Waals surface area (Å²) in [6.45, 7) is 2.03. The van der Waals surface area contributed by atoms with Crippen molar-refractivity contribution in [3.8, 4) is 0 Å². The highest BCUT2D eigenvalue weighted by atomic mass is 16.4. The molecule has 0 heterocycles. The van der Waals surface area contributed by atoms with E-state index in [2.05, 4.69) is 24.3 Å². The summed E-state index contributed by atoms with van der Waals surface area (Å²) < 4.78 is 0. The molecular formula is C14H24O2. The number of rotatable bonds is 10. The van der Waals surface area contributed by atoms with E-state index in [0.717, 1.165) is 32.1 Å². The summed E-state index contributed by atoms with van der Waals surface area (Å²) in [5.41, 5.74) is 0. The van der Waals surface area contributed by atoms with E-state index < -0.39 is 5.97 Å². The molecule has 0 fully saturated rings. The Morgan fingerprint density at radius 3 is 2.38 bits per heavy atom. The molecule has 0 aliphatic heterocycles. The Hall–Kier alpha value is -1.05. The van der Waals surface area contributed by atoms with Gasteiger partial charge in [-0.25, -0.2) is 0 Å². The minimum Gasteiger partial charge on any atom is -0.481 e.